The molecule has 0 saturated heterocycles. The molecule has 1 rings (SSSR count). The molecular formula is C14H17O3. The molecule has 1 aromatic carbocycles. The summed E-state index contributed by atoms with van der Waals surface area (Å²) in [6, 6.07) is 9.05. The number of hydrogen-bond acceptors (Lipinski definition) is 3. The number of rotatable bonds is 6. The molecule has 0 aliphatic carbocycles. The molecule has 1 aromatic rings. The summed E-state index contributed by atoms with van der Waals surface area (Å²) in [5.74, 6) is -0.384. The Kier molecular flexibility index (Phi) is 4.88. The average molecular weight is 233 g/mol. The fraction of sp³-hybridized carbons (Fsp3) is 0.429. The molecule has 0 spiro atoms. The van der Waals surface area contributed by atoms with E-state index in [0.717, 1.165) is 6.42 Å². The van der Waals surface area contributed by atoms with Crippen molar-refractivity contribution >= 4 is 12.3 Å². The van der Waals surface area contributed by atoms with Crippen LogP contribution in [0.15, 0.2) is 30.3 Å². The van der Waals surface area contributed by atoms with Gasteiger partial charge in [-0.15, -0.1) is 0 Å². The van der Waals surface area contributed by atoms with E-state index in [0.29, 0.717) is 12.0 Å². The van der Waals surface area contributed by atoms with Crippen molar-refractivity contribution in [3.05, 3.63) is 35.9 Å². The zero-order valence-electron chi connectivity index (χ0n) is 10.2. The Bertz CT molecular complexity index is 372. The van der Waals surface area contributed by atoms with Crippen molar-refractivity contribution in [3.63, 3.8) is 0 Å². The van der Waals surface area contributed by atoms with Crippen LogP contribution in [-0.4, -0.2) is 12.3 Å². The summed E-state index contributed by atoms with van der Waals surface area (Å²) in [6.07, 6.45) is 3.34. The summed E-state index contributed by atoms with van der Waals surface area (Å²) in [5, 5.41) is 0. The van der Waals surface area contributed by atoms with E-state index in [-0.39, 0.29) is 12.4 Å². The van der Waals surface area contributed by atoms with Crippen LogP contribution in [0, 0.1) is 0 Å². The van der Waals surface area contributed by atoms with Gasteiger partial charge < -0.3 is 4.74 Å². The summed E-state index contributed by atoms with van der Waals surface area (Å²) in [4.78, 5) is 22.7. The van der Waals surface area contributed by atoms with Crippen LogP contribution in [0.2, 0.25) is 0 Å². The molecule has 0 saturated carbocycles. The summed E-state index contributed by atoms with van der Waals surface area (Å²) >= 11 is 0. The first-order valence-corrected chi connectivity index (χ1v) is 5.85. The monoisotopic (exact) mass is 233 g/mol. The minimum absolute atomic E-state index is 0.250. The lowest BCUT2D eigenvalue weighted by atomic mass is 9.90. The largest absolute Gasteiger partial charge is 0.446 e. The van der Waals surface area contributed by atoms with Crippen LogP contribution in [0.25, 0.3) is 0 Å². The maximum atomic E-state index is 11.4. The second kappa shape index (κ2) is 6.18. The number of ether oxygens (including phenoxy) is 1. The van der Waals surface area contributed by atoms with Gasteiger partial charge in [-0.25, -0.2) is 0 Å². The molecule has 0 aromatic heterocycles. The van der Waals surface area contributed by atoms with Crippen LogP contribution in [0.5, 0.6) is 0 Å². The lowest BCUT2D eigenvalue weighted by Crippen LogP contribution is -2.34. The minimum Gasteiger partial charge on any atom is -0.446 e. The SMILES string of the molecule is CCCC([C]=O)(OC(=O)CC)c1ccccc1. The second-order valence-electron chi connectivity index (χ2n) is 3.87. The first-order valence-electron chi connectivity index (χ1n) is 5.85. The lowest BCUT2D eigenvalue weighted by molar-refractivity contribution is -0.154. The van der Waals surface area contributed by atoms with Gasteiger partial charge in [-0.05, 0) is 6.42 Å². The van der Waals surface area contributed by atoms with Crippen molar-refractivity contribution in [2.75, 3.05) is 0 Å². The molecule has 1 unspecified atom stereocenters. The average Bonchev–Trinajstić information content (AvgIpc) is 2.39. The summed E-state index contributed by atoms with van der Waals surface area (Å²) in [6.45, 7) is 3.64. The van der Waals surface area contributed by atoms with Gasteiger partial charge in [0.2, 0.25) is 5.60 Å². The molecule has 0 aliphatic heterocycles. The third kappa shape index (κ3) is 3.16. The van der Waals surface area contributed by atoms with Gasteiger partial charge in [-0.1, -0.05) is 50.6 Å². The molecule has 3 nitrogen and oxygen atoms in total. The molecule has 3 heteroatoms. The van der Waals surface area contributed by atoms with Gasteiger partial charge in [0.1, 0.15) is 0 Å². The Morgan fingerprint density at radius 3 is 2.41 bits per heavy atom. The smallest absolute Gasteiger partial charge is 0.306 e. The molecule has 0 heterocycles. The van der Waals surface area contributed by atoms with E-state index in [9.17, 15) is 9.59 Å². The van der Waals surface area contributed by atoms with Crippen LogP contribution in [-0.2, 0) is 19.9 Å². The Morgan fingerprint density at radius 2 is 1.94 bits per heavy atom. The molecule has 17 heavy (non-hydrogen) atoms. The van der Waals surface area contributed by atoms with Gasteiger partial charge in [0.15, 0.2) is 0 Å². The Hall–Kier alpha value is -1.64. The van der Waals surface area contributed by atoms with Crippen molar-refractivity contribution in [1.29, 1.82) is 0 Å². The van der Waals surface area contributed by atoms with Crippen LogP contribution in [0.4, 0.5) is 0 Å². The maximum Gasteiger partial charge on any atom is 0.306 e. The van der Waals surface area contributed by atoms with E-state index >= 15 is 0 Å². The Labute approximate surface area is 102 Å². The highest BCUT2D eigenvalue weighted by Crippen LogP contribution is 2.29. The van der Waals surface area contributed by atoms with E-state index in [4.69, 9.17) is 4.74 Å². The van der Waals surface area contributed by atoms with Gasteiger partial charge in [0, 0.05) is 12.0 Å². The fourth-order valence-corrected chi connectivity index (χ4v) is 1.71. The molecule has 1 atom stereocenters. The standard InChI is InChI=1S/C14H17O3/c1-3-10-14(11-15,17-13(16)4-2)12-8-6-5-7-9-12/h5-9H,3-4,10H2,1-2H3. The highest BCUT2D eigenvalue weighted by atomic mass is 16.6. The third-order valence-electron chi connectivity index (χ3n) is 2.58. The van der Waals surface area contributed by atoms with E-state index < -0.39 is 5.60 Å². The predicted octanol–water partition coefficient (Wildman–Crippen LogP) is 2.74. The molecule has 0 aliphatic rings. The van der Waals surface area contributed by atoms with E-state index in [1.54, 1.807) is 19.1 Å². The first kappa shape index (κ1) is 13.4. The van der Waals surface area contributed by atoms with E-state index in [1.807, 2.05) is 31.4 Å². The minimum atomic E-state index is -1.25. The zero-order chi connectivity index (χ0) is 12.7. The molecule has 0 bridgehead atoms. The van der Waals surface area contributed by atoms with Crippen molar-refractivity contribution < 1.29 is 14.3 Å². The Morgan fingerprint density at radius 1 is 1.29 bits per heavy atom. The molecule has 0 amide bonds. The van der Waals surface area contributed by atoms with Crippen molar-refractivity contribution in [1.82, 2.24) is 0 Å². The molecular weight excluding hydrogens is 216 g/mol. The number of benzene rings is 1. The normalized spacial score (nSPS) is 13.8. The second-order valence-corrected chi connectivity index (χ2v) is 3.87. The van der Waals surface area contributed by atoms with Gasteiger partial charge >= 0.3 is 5.97 Å². The maximum absolute atomic E-state index is 11.4. The van der Waals surface area contributed by atoms with Crippen molar-refractivity contribution in [2.45, 2.75) is 38.7 Å². The molecule has 1 radical (unpaired) electrons. The van der Waals surface area contributed by atoms with Crippen LogP contribution in [0.1, 0.15) is 38.7 Å². The summed E-state index contributed by atoms with van der Waals surface area (Å²) in [5.41, 5.74) is -0.568. The van der Waals surface area contributed by atoms with Gasteiger partial charge in [0.05, 0.1) is 0 Å². The van der Waals surface area contributed by atoms with Gasteiger partial charge in [-0.2, -0.15) is 0 Å². The Balaban J connectivity index is 3.08. The number of carbonyl (C=O) groups excluding carboxylic acids is 2. The molecule has 0 N–H and O–H groups in total. The van der Waals surface area contributed by atoms with Crippen LogP contribution >= 0.6 is 0 Å². The quantitative estimate of drug-likeness (QED) is 0.709. The zero-order valence-corrected chi connectivity index (χ0v) is 10.2. The highest BCUT2D eigenvalue weighted by Gasteiger charge is 2.36. The van der Waals surface area contributed by atoms with Gasteiger partial charge in [0.25, 0.3) is 6.29 Å². The van der Waals surface area contributed by atoms with Crippen molar-refractivity contribution in [3.8, 4) is 0 Å². The highest BCUT2D eigenvalue weighted by molar-refractivity contribution is 5.76. The third-order valence-corrected chi connectivity index (χ3v) is 2.58. The lowest BCUT2D eigenvalue weighted by Gasteiger charge is -2.27. The van der Waals surface area contributed by atoms with Crippen molar-refractivity contribution in [2.24, 2.45) is 0 Å². The fourth-order valence-electron chi connectivity index (χ4n) is 1.71. The number of esters is 1. The summed E-state index contributed by atoms with van der Waals surface area (Å²) in [7, 11) is 0. The van der Waals surface area contributed by atoms with E-state index in [2.05, 4.69) is 0 Å². The first-order chi connectivity index (χ1) is 8.18. The van der Waals surface area contributed by atoms with Crippen LogP contribution < -0.4 is 0 Å². The number of hydrogen-bond donors (Lipinski definition) is 0. The topological polar surface area (TPSA) is 43.4 Å². The predicted molar refractivity (Wildman–Crippen MR) is 65.1 cm³/mol. The van der Waals surface area contributed by atoms with Crippen LogP contribution in [0.3, 0.4) is 0 Å². The van der Waals surface area contributed by atoms with E-state index in [1.165, 1.54) is 0 Å². The molecule has 0 fully saturated rings. The summed E-state index contributed by atoms with van der Waals surface area (Å²) < 4.78 is 5.30. The number of carbonyl (C=O) groups is 1. The molecule has 91 valence electrons. The van der Waals surface area contributed by atoms with Gasteiger partial charge in [-0.3, -0.25) is 9.59 Å².